The molecule has 7 nitrogen and oxygen atoms in total. The Balaban J connectivity index is 1.59. The molecule has 0 bridgehead atoms. The van der Waals surface area contributed by atoms with Gasteiger partial charge in [-0.15, -0.1) is 0 Å². The van der Waals surface area contributed by atoms with Gasteiger partial charge in [-0.25, -0.2) is 4.90 Å². The molecule has 3 amide bonds. The maximum absolute atomic E-state index is 14.0. The van der Waals surface area contributed by atoms with Crippen molar-refractivity contribution in [2.75, 3.05) is 0 Å². The molecule has 1 aromatic carbocycles. The number of fused-ring (bicyclic) bond motifs is 1. The van der Waals surface area contributed by atoms with E-state index in [0.717, 1.165) is 19.3 Å². The highest BCUT2D eigenvalue weighted by Gasteiger charge is 2.56. The van der Waals surface area contributed by atoms with E-state index >= 15 is 0 Å². The number of β-lactam (4-membered cyclic amide) rings is 1. The van der Waals surface area contributed by atoms with E-state index in [2.05, 4.69) is 39.2 Å². The molecule has 4 rings (SSSR count). The van der Waals surface area contributed by atoms with Gasteiger partial charge in [-0.3, -0.25) is 14.4 Å². The Morgan fingerprint density at radius 1 is 1.14 bits per heavy atom. The molecule has 35 heavy (non-hydrogen) atoms. The van der Waals surface area contributed by atoms with Crippen LogP contribution in [0.3, 0.4) is 0 Å². The zero-order valence-electron chi connectivity index (χ0n) is 22.1. The number of rotatable bonds is 5. The molecule has 2 aliphatic heterocycles. The fourth-order valence-electron chi connectivity index (χ4n) is 5.45. The Morgan fingerprint density at radius 2 is 1.77 bits per heavy atom. The number of benzene rings is 1. The highest BCUT2D eigenvalue weighted by molar-refractivity contribution is 6.74. The summed E-state index contributed by atoms with van der Waals surface area (Å²) >= 11 is 0. The van der Waals surface area contributed by atoms with Crippen LogP contribution < -0.4 is 10.1 Å². The van der Waals surface area contributed by atoms with E-state index in [-0.39, 0.29) is 34.9 Å². The number of ether oxygens (including phenoxy) is 1. The first-order valence-corrected chi connectivity index (χ1v) is 15.8. The van der Waals surface area contributed by atoms with Crippen LogP contribution in [-0.4, -0.2) is 48.8 Å². The molecule has 1 saturated heterocycles. The van der Waals surface area contributed by atoms with E-state index in [1.54, 1.807) is 18.2 Å². The quantitative estimate of drug-likeness (QED) is 0.461. The highest BCUT2D eigenvalue weighted by atomic mass is 28.4. The van der Waals surface area contributed by atoms with Crippen molar-refractivity contribution in [3.05, 3.63) is 29.8 Å². The summed E-state index contributed by atoms with van der Waals surface area (Å²) in [4.78, 5) is 41.7. The predicted molar refractivity (Wildman–Crippen MR) is 136 cm³/mol. The topological polar surface area (TPSA) is 84.9 Å². The summed E-state index contributed by atoms with van der Waals surface area (Å²) in [5.74, 6) is -1.17. The second-order valence-corrected chi connectivity index (χ2v) is 16.8. The van der Waals surface area contributed by atoms with Crippen LogP contribution in [0.4, 0.5) is 0 Å². The molecule has 8 heteroatoms. The average molecular weight is 501 g/mol. The minimum atomic E-state index is -2.10. The molecule has 2 heterocycles. The number of hydrogen-bond donors (Lipinski definition) is 1. The number of para-hydroxylation sites is 1. The number of carbonyl (C=O) groups excluding carboxylic acids is 3. The van der Waals surface area contributed by atoms with Gasteiger partial charge in [-0.1, -0.05) is 46.2 Å². The maximum Gasteiger partial charge on any atom is 0.267 e. The van der Waals surface area contributed by atoms with Crippen molar-refractivity contribution in [2.45, 2.75) is 103 Å². The zero-order valence-corrected chi connectivity index (χ0v) is 23.1. The van der Waals surface area contributed by atoms with Gasteiger partial charge >= 0.3 is 0 Å². The van der Waals surface area contributed by atoms with Crippen LogP contribution in [0.15, 0.2) is 24.3 Å². The van der Waals surface area contributed by atoms with E-state index in [1.165, 1.54) is 4.90 Å². The van der Waals surface area contributed by atoms with Crippen LogP contribution in [0.25, 0.3) is 0 Å². The Kier molecular flexibility index (Phi) is 6.68. The van der Waals surface area contributed by atoms with Crippen molar-refractivity contribution in [1.82, 2.24) is 10.2 Å². The van der Waals surface area contributed by atoms with Crippen LogP contribution in [0.2, 0.25) is 18.1 Å². The summed E-state index contributed by atoms with van der Waals surface area (Å²) in [6.07, 6.45) is 3.78. The molecule has 0 radical (unpaired) electrons. The number of nitrogens with one attached hydrogen (secondary N) is 1. The van der Waals surface area contributed by atoms with E-state index in [1.807, 2.05) is 19.9 Å². The van der Waals surface area contributed by atoms with Crippen molar-refractivity contribution in [2.24, 2.45) is 11.8 Å². The van der Waals surface area contributed by atoms with Crippen molar-refractivity contribution < 1.29 is 23.5 Å². The van der Waals surface area contributed by atoms with Crippen molar-refractivity contribution in [3.63, 3.8) is 0 Å². The minimum absolute atomic E-state index is 0.0106. The molecule has 1 saturated carbocycles. The standard InChI is InChI=1S/C27H40N2O5Si/c1-17(22-21(23(30)28-22)18(2)34-35(6,7)26(3,4)5)24(31)29-25(32)19-13-9-10-14-20(19)33-27(29)15-11-8-12-16-27/h9-10,13-14,17-18,21-22H,8,11-12,15-16H2,1-7H3,(H,28,30)/t17-,18+,21+,22+/m0/s1. The van der Waals surface area contributed by atoms with Gasteiger partial charge in [0.25, 0.3) is 5.91 Å². The van der Waals surface area contributed by atoms with Gasteiger partial charge < -0.3 is 14.5 Å². The Bertz CT molecular complexity index is 1010. The second kappa shape index (κ2) is 9.03. The summed E-state index contributed by atoms with van der Waals surface area (Å²) in [5, 5.41) is 2.95. The molecular weight excluding hydrogens is 460 g/mol. The summed E-state index contributed by atoms with van der Waals surface area (Å²) in [7, 11) is -2.10. The molecule has 0 aromatic heterocycles. The predicted octanol–water partition coefficient (Wildman–Crippen LogP) is 4.87. The van der Waals surface area contributed by atoms with Crippen LogP contribution in [-0.2, 0) is 14.0 Å². The largest absolute Gasteiger partial charge is 0.467 e. The van der Waals surface area contributed by atoms with E-state index in [0.29, 0.717) is 24.2 Å². The lowest BCUT2D eigenvalue weighted by molar-refractivity contribution is -0.162. The van der Waals surface area contributed by atoms with Gasteiger partial charge in [0.2, 0.25) is 11.8 Å². The Hall–Kier alpha value is -2.19. The van der Waals surface area contributed by atoms with Crippen LogP contribution in [0, 0.1) is 11.8 Å². The van der Waals surface area contributed by atoms with Gasteiger partial charge in [-0.2, -0.15) is 0 Å². The van der Waals surface area contributed by atoms with Gasteiger partial charge in [0, 0.05) is 12.8 Å². The number of hydrogen-bond acceptors (Lipinski definition) is 5. The summed E-state index contributed by atoms with van der Waals surface area (Å²) in [5.41, 5.74) is -0.547. The molecule has 192 valence electrons. The SMILES string of the molecule is C[C@H](C(=O)N1C(=O)c2ccccc2OC12CCCCC2)[C@H]1NC(=O)[C@@H]1[C@@H](C)O[Si](C)(C)C(C)(C)C. The first kappa shape index (κ1) is 25.9. The molecule has 1 aromatic rings. The number of carbonyl (C=O) groups is 3. The molecule has 1 N–H and O–H groups in total. The average Bonchev–Trinajstić information content (AvgIpc) is 2.76. The smallest absolute Gasteiger partial charge is 0.267 e. The number of imide groups is 1. The normalized spacial score (nSPS) is 25.7. The van der Waals surface area contributed by atoms with Crippen molar-refractivity contribution >= 4 is 26.0 Å². The molecule has 2 fully saturated rings. The highest BCUT2D eigenvalue weighted by Crippen LogP contribution is 2.44. The minimum Gasteiger partial charge on any atom is -0.467 e. The monoisotopic (exact) mass is 500 g/mol. The van der Waals surface area contributed by atoms with Gasteiger partial charge in [0.05, 0.1) is 29.5 Å². The zero-order chi connectivity index (χ0) is 25.8. The Labute approximate surface area is 210 Å². The van der Waals surface area contributed by atoms with Crippen molar-refractivity contribution in [3.8, 4) is 5.75 Å². The molecule has 3 aliphatic rings. The van der Waals surface area contributed by atoms with Gasteiger partial charge in [0.1, 0.15) is 5.75 Å². The summed E-state index contributed by atoms with van der Waals surface area (Å²) in [6.45, 7) is 14.6. The fraction of sp³-hybridized carbons (Fsp3) is 0.667. The summed E-state index contributed by atoms with van der Waals surface area (Å²) in [6, 6.07) is 6.76. The van der Waals surface area contributed by atoms with Crippen LogP contribution in [0.5, 0.6) is 5.75 Å². The molecule has 4 atom stereocenters. The Morgan fingerprint density at radius 3 is 2.37 bits per heavy atom. The first-order valence-electron chi connectivity index (χ1n) is 12.9. The summed E-state index contributed by atoms with van der Waals surface area (Å²) < 4.78 is 12.9. The molecule has 0 unspecified atom stereocenters. The van der Waals surface area contributed by atoms with E-state index in [9.17, 15) is 14.4 Å². The van der Waals surface area contributed by atoms with Gasteiger partial charge in [0.15, 0.2) is 14.0 Å². The maximum atomic E-state index is 14.0. The number of nitrogens with zero attached hydrogens (tertiary/aromatic N) is 1. The fourth-order valence-corrected chi connectivity index (χ4v) is 6.88. The van der Waals surface area contributed by atoms with Gasteiger partial charge in [-0.05, 0) is 50.0 Å². The third kappa shape index (κ3) is 4.44. The third-order valence-corrected chi connectivity index (χ3v) is 13.2. The lowest BCUT2D eigenvalue weighted by Gasteiger charge is -2.51. The lowest BCUT2D eigenvalue weighted by Crippen LogP contribution is -2.70. The molecule has 1 aliphatic carbocycles. The second-order valence-electron chi connectivity index (χ2n) is 12.0. The van der Waals surface area contributed by atoms with E-state index in [4.69, 9.17) is 9.16 Å². The molecular formula is C27H40N2O5Si. The number of amides is 3. The third-order valence-electron chi connectivity index (χ3n) is 8.60. The van der Waals surface area contributed by atoms with Crippen molar-refractivity contribution in [1.29, 1.82) is 0 Å². The van der Waals surface area contributed by atoms with Crippen LogP contribution in [0.1, 0.15) is 77.1 Å². The lowest BCUT2D eigenvalue weighted by atomic mass is 9.77. The molecule has 1 spiro atoms. The van der Waals surface area contributed by atoms with E-state index < -0.39 is 25.9 Å². The van der Waals surface area contributed by atoms with Crippen LogP contribution >= 0.6 is 0 Å². The first-order chi connectivity index (χ1) is 16.3.